The Morgan fingerprint density at radius 1 is 0.444 bits per heavy atom. The van der Waals surface area contributed by atoms with Crippen molar-refractivity contribution < 1.29 is 157 Å². The fourth-order valence-corrected chi connectivity index (χ4v) is 10.0. The summed E-state index contributed by atoms with van der Waals surface area (Å²) in [5, 5.41) is 128. The molecule has 0 aliphatic carbocycles. The van der Waals surface area contributed by atoms with E-state index in [2.05, 4.69) is 24.3 Å². The number of amides is 3. The van der Waals surface area contributed by atoms with Gasteiger partial charge in [0.25, 0.3) is 0 Å². The highest BCUT2D eigenvalue weighted by molar-refractivity contribution is 7.81. The van der Waals surface area contributed by atoms with Gasteiger partial charge in [-0.05, 0) is 24.3 Å². The van der Waals surface area contributed by atoms with Crippen molar-refractivity contribution in [3.05, 3.63) is 24.3 Å². The van der Waals surface area contributed by atoms with Crippen LogP contribution in [0, 0.1) is 0 Å². The number of hydrogen-bond donors (Lipinski definition) is 16. The van der Waals surface area contributed by atoms with Crippen molar-refractivity contribution in [3.8, 4) is 11.5 Å². The predicted molar refractivity (Wildman–Crippen MR) is 254 cm³/mol. The van der Waals surface area contributed by atoms with Gasteiger partial charge in [-0.3, -0.25) is 23.5 Å². The van der Waals surface area contributed by atoms with E-state index in [0.717, 1.165) is 20.8 Å². The molecule has 0 radical (unpaired) electrons. The van der Waals surface area contributed by atoms with E-state index in [1.165, 1.54) is 31.4 Å². The number of carbonyl (C=O) groups is 3. The summed E-state index contributed by atoms with van der Waals surface area (Å²) in [4.78, 5) is 37.6. The molecule has 25 atom stereocenters. The summed E-state index contributed by atoms with van der Waals surface area (Å²) < 4.78 is 139. The molecular formula is C43H67N3O33S2. The van der Waals surface area contributed by atoms with Gasteiger partial charge in [0.2, 0.25) is 24.0 Å². The molecule has 0 aromatic heterocycles. The first kappa shape index (κ1) is 66.3. The van der Waals surface area contributed by atoms with Gasteiger partial charge in [-0.1, -0.05) is 0 Å². The van der Waals surface area contributed by atoms with Crippen LogP contribution in [-0.4, -0.2) is 293 Å². The van der Waals surface area contributed by atoms with Gasteiger partial charge in [-0.15, -0.1) is 0 Å². The lowest BCUT2D eigenvalue weighted by Crippen LogP contribution is -2.71. The maximum Gasteiger partial charge on any atom is 0.397 e. The second-order valence-electron chi connectivity index (χ2n) is 19.0. The van der Waals surface area contributed by atoms with Crippen molar-refractivity contribution in [1.82, 2.24) is 16.0 Å². The van der Waals surface area contributed by atoms with Crippen LogP contribution in [0.15, 0.2) is 24.3 Å². The minimum atomic E-state index is -5.40. The van der Waals surface area contributed by atoms with Crippen molar-refractivity contribution in [2.24, 2.45) is 0 Å². The highest BCUT2D eigenvalue weighted by Crippen LogP contribution is 2.37. The second kappa shape index (κ2) is 28.4. The maximum atomic E-state index is 12.9. The number of rotatable bonds is 23. The molecule has 1 aromatic carbocycles. The van der Waals surface area contributed by atoms with E-state index < -0.39 is 225 Å². The van der Waals surface area contributed by atoms with E-state index in [1.54, 1.807) is 0 Å². The number of benzene rings is 1. The molecule has 3 amide bonds. The van der Waals surface area contributed by atoms with Crippen molar-refractivity contribution in [1.29, 1.82) is 0 Å². The summed E-state index contributed by atoms with van der Waals surface area (Å²) in [5.74, 6) is -2.03. The fourth-order valence-electron chi connectivity index (χ4n) is 9.39. The number of ether oxygens (including phenoxy) is 11. The summed E-state index contributed by atoms with van der Waals surface area (Å²) in [6.07, 6.45) is -44.9. The summed E-state index contributed by atoms with van der Waals surface area (Å²) in [7, 11) is -9.35. The molecule has 0 unspecified atom stereocenters. The van der Waals surface area contributed by atoms with Crippen LogP contribution in [0.25, 0.3) is 0 Å². The van der Waals surface area contributed by atoms with E-state index in [1.807, 2.05) is 0 Å². The van der Waals surface area contributed by atoms with Crippen molar-refractivity contribution in [2.75, 3.05) is 40.1 Å². The first-order chi connectivity index (χ1) is 38.0. The Bertz CT molecular complexity index is 2450. The summed E-state index contributed by atoms with van der Waals surface area (Å²) in [6, 6.07) is 0.685. The van der Waals surface area contributed by atoms with Gasteiger partial charge in [0.05, 0.1) is 40.1 Å². The van der Waals surface area contributed by atoms with E-state index in [4.69, 9.17) is 52.1 Å². The van der Waals surface area contributed by atoms with Crippen LogP contribution in [0.5, 0.6) is 11.5 Å². The Morgan fingerprint density at radius 3 is 1.16 bits per heavy atom. The number of methoxy groups -OCH3 is 1. The number of carbonyl (C=O) groups excluding carboxylic acids is 3. The Kier molecular flexibility index (Phi) is 23.2. The molecule has 5 aliphatic rings. The Balaban J connectivity index is 1.29. The predicted octanol–water partition coefficient (Wildman–Crippen LogP) is -9.74. The molecule has 16 N–H and O–H groups in total. The number of nitrogens with one attached hydrogen (secondary N) is 3. The van der Waals surface area contributed by atoms with Gasteiger partial charge in [0.15, 0.2) is 25.2 Å². The molecule has 0 spiro atoms. The summed E-state index contributed by atoms with van der Waals surface area (Å²) in [6.45, 7) is -2.65. The third-order valence-corrected chi connectivity index (χ3v) is 14.1. The molecule has 5 aliphatic heterocycles. The molecule has 6 rings (SSSR count). The van der Waals surface area contributed by atoms with Gasteiger partial charge in [0.1, 0.15) is 133 Å². The van der Waals surface area contributed by atoms with Gasteiger partial charge in [0, 0.05) is 20.8 Å². The molecule has 81 heavy (non-hydrogen) atoms. The van der Waals surface area contributed by atoms with Gasteiger partial charge in [-0.2, -0.15) is 16.8 Å². The average molecular weight is 1220 g/mol. The van der Waals surface area contributed by atoms with E-state index in [0.29, 0.717) is 5.75 Å². The molecule has 36 nitrogen and oxygen atoms in total. The highest BCUT2D eigenvalue weighted by Gasteiger charge is 2.58. The zero-order valence-corrected chi connectivity index (χ0v) is 44.7. The lowest BCUT2D eigenvalue weighted by molar-refractivity contribution is -0.378. The molecule has 5 heterocycles. The normalized spacial score (nSPS) is 40.4. The molecule has 464 valence electrons. The number of aliphatic hydroxyl groups excluding tert-OH is 11. The molecule has 0 bridgehead atoms. The van der Waals surface area contributed by atoms with Crippen LogP contribution < -0.4 is 25.4 Å². The zero-order chi connectivity index (χ0) is 60.0. The number of hydrogen-bond acceptors (Lipinski definition) is 31. The molecule has 1 aromatic rings. The second-order valence-corrected chi connectivity index (χ2v) is 21.2. The van der Waals surface area contributed by atoms with Crippen LogP contribution in [0.1, 0.15) is 20.8 Å². The lowest BCUT2D eigenvalue weighted by Gasteiger charge is -2.51. The Labute approximate surface area is 460 Å². The maximum absolute atomic E-state index is 12.9. The first-order valence-electron chi connectivity index (χ1n) is 24.5. The van der Waals surface area contributed by atoms with Gasteiger partial charge < -0.3 is 124 Å². The Hall–Kier alpha value is -3.83. The third-order valence-electron chi connectivity index (χ3n) is 13.2. The first-order valence-corrected chi connectivity index (χ1v) is 27.2. The molecule has 5 saturated heterocycles. The molecule has 5 fully saturated rings. The van der Waals surface area contributed by atoms with E-state index in [-0.39, 0.29) is 5.75 Å². The fraction of sp³-hybridized carbons (Fsp3) is 0.791. The lowest BCUT2D eigenvalue weighted by atomic mass is 9.94. The minimum absolute atomic E-state index is 0.112. The molecule has 38 heteroatoms. The van der Waals surface area contributed by atoms with Crippen LogP contribution in [0.4, 0.5) is 0 Å². The third kappa shape index (κ3) is 16.7. The topological polar surface area (TPSA) is 539 Å². The van der Waals surface area contributed by atoms with Gasteiger partial charge >= 0.3 is 20.8 Å². The zero-order valence-electron chi connectivity index (χ0n) is 43.1. The van der Waals surface area contributed by atoms with Crippen LogP contribution in [0.2, 0.25) is 0 Å². The Morgan fingerprint density at radius 2 is 0.778 bits per heavy atom. The highest BCUT2D eigenvalue weighted by atomic mass is 32.3. The van der Waals surface area contributed by atoms with Crippen LogP contribution in [-0.2, 0) is 86.2 Å². The minimum Gasteiger partial charge on any atom is -0.497 e. The van der Waals surface area contributed by atoms with E-state index in [9.17, 15) is 96.5 Å². The van der Waals surface area contributed by atoms with Crippen LogP contribution >= 0.6 is 0 Å². The molecular weight excluding hydrogens is 1150 g/mol. The largest absolute Gasteiger partial charge is 0.497 e. The number of aliphatic hydroxyl groups is 11. The monoisotopic (exact) mass is 1220 g/mol. The smallest absolute Gasteiger partial charge is 0.397 e. The van der Waals surface area contributed by atoms with Crippen molar-refractivity contribution in [2.45, 2.75) is 174 Å². The van der Waals surface area contributed by atoms with Gasteiger partial charge in [-0.25, -0.2) is 8.37 Å². The standard InChI is InChI=1S/C43H67N3O33S2/c1-14(50)44-24-30(56)27(53)19(9-47)71-39(24)76-35-22(12-68-80(61,62)63)74-43(33(59)31(35)57)79-38-26(46-16(3)52)41(73-21(11-49)29(38)55)77-36-23(13-69-81(64,65)66)75-42(34(60)32(36)58)78-37-25(45-15(2)51)40(72-20(10-48)28(37)54)70-18-7-5-17(67-4)6-8-18/h5-8,19-43,47-49,53-60H,9-13H2,1-4H3,(H,44,50)(H,45,51)(H,46,52)(H,61,62,63)(H,64,65,66)/t19-,20-,21-,22-,23-,24-,25-,26-,27-,28-,29-,30-,31-,32-,33-,34-,35-,36-,37-,38-,39+,40-,41+,42+,43+/m1/s1. The van der Waals surface area contributed by atoms with Crippen molar-refractivity contribution in [3.63, 3.8) is 0 Å². The van der Waals surface area contributed by atoms with Crippen molar-refractivity contribution >= 4 is 38.5 Å². The SMILES string of the molecule is COc1ccc(O[C@@H]2O[C@H](CO)[C@@H](O)[C@H](O[C@@H]3O[C@H](COS(=O)(=O)O)[C@@H](O[C@@H]4O[C@H](CO)[C@@H](O)[C@H](O[C@@H]5O[C@H](COS(=O)(=O)O)[C@@H](O[C@@H]6O[C@H](CO)[C@@H](O)[C@H](O)[C@H]6NC(C)=O)[C@H](O)[C@H]5O)[C@H]4NC(C)=O)[C@H](O)[C@H]3O)[C@H]2NC(C)=O)cc1. The van der Waals surface area contributed by atoms with E-state index >= 15 is 0 Å². The quantitative estimate of drug-likeness (QED) is 0.0453. The molecule has 0 saturated carbocycles. The average Bonchev–Trinajstić information content (AvgIpc) is 3.54. The van der Waals surface area contributed by atoms with Crippen LogP contribution in [0.3, 0.4) is 0 Å². The summed E-state index contributed by atoms with van der Waals surface area (Å²) >= 11 is 0. The summed E-state index contributed by atoms with van der Waals surface area (Å²) in [5.41, 5.74) is 0.